The molecule has 4 aromatic heterocycles. The SMILES string of the molecule is O=C([O-])c1cccc(O)n1.O=C([O-])c1cccc(O)n1.[Ni+2].c1ccncc1.c1ccncc1. The van der Waals surface area contributed by atoms with E-state index in [0.717, 1.165) is 0 Å². The van der Waals surface area contributed by atoms with Gasteiger partial charge in [-0.3, -0.25) is 9.97 Å². The predicted octanol–water partition coefficient (Wildman–Crippen LogP) is 0.462. The molecule has 0 aromatic carbocycles. The molecule has 0 aliphatic rings. The van der Waals surface area contributed by atoms with E-state index in [1.807, 2.05) is 36.4 Å². The molecule has 0 amide bonds. The number of aromatic carboxylic acids is 2. The van der Waals surface area contributed by atoms with Crippen LogP contribution < -0.4 is 10.2 Å². The van der Waals surface area contributed by atoms with Crippen molar-refractivity contribution in [3.8, 4) is 11.8 Å². The second kappa shape index (κ2) is 17.3. The Hall–Kier alpha value is -4.37. The monoisotopic (exact) mass is 492 g/mol. The van der Waals surface area contributed by atoms with Crippen LogP contribution in [0.4, 0.5) is 0 Å². The van der Waals surface area contributed by atoms with Crippen molar-refractivity contribution in [2.24, 2.45) is 0 Å². The Labute approximate surface area is 199 Å². The molecule has 0 unspecified atom stereocenters. The predicted molar refractivity (Wildman–Crippen MR) is 109 cm³/mol. The van der Waals surface area contributed by atoms with E-state index in [1.165, 1.54) is 36.4 Å². The molecule has 0 saturated heterocycles. The van der Waals surface area contributed by atoms with Crippen LogP contribution in [0.5, 0.6) is 11.8 Å². The van der Waals surface area contributed by atoms with Gasteiger partial charge in [-0.1, -0.05) is 24.3 Å². The molecule has 4 aromatic rings. The summed E-state index contributed by atoms with van der Waals surface area (Å²) in [6.07, 6.45) is 7.00. The maximum Gasteiger partial charge on any atom is 2.00 e. The molecule has 0 spiro atoms. The van der Waals surface area contributed by atoms with Gasteiger partial charge in [0, 0.05) is 36.9 Å². The summed E-state index contributed by atoms with van der Waals surface area (Å²) in [5.41, 5.74) is -0.528. The van der Waals surface area contributed by atoms with Gasteiger partial charge in [-0.05, 0) is 36.4 Å². The molecular weight excluding hydrogens is 475 g/mol. The van der Waals surface area contributed by atoms with Crippen molar-refractivity contribution in [2.75, 3.05) is 0 Å². The Morgan fingerprint density at radius 1 is 0.576 bits per heavy atom. The van der Waals surface area contributed by atoms with Crippen molar-refractivity contribution in [1.82, 2.24) is 19.9 Å². The molecular formula is C22H18N4NiO6. The Balaban J connectivity index is 0.000000420. The summed E-state index contributed by atoms with van der Waals surface area (Å²) < 4.78 is 0. The van der Waals surface area contributed by atoms with Crippen LogP contribution in [0.1, 0.15) is 21.0 Å². The first kappa shape index (κ1) is 28.6. The molecule has 4 rings (SSSR count). The molecule has 0 radical (unpaired) electrons. The number of aromatic nitrogens is 4. The molecule has 172 valence electrons. The van der Waals surface area contributed by atoms with E-state index in [0.29, 0.717) is 0 Å². The Bertz CT molecular complexity index is 932. The maximum atomic E-state index is 10.1. The van der Waals surface area contributed by atoms with Crippen molar-refractivity contribution >= 4 is 11.9 Å². The molecule has 11 heteroatoms. The standard InChI is InChI=1S/2C6H5NO3.2C5H5N.Ni/c2*8-5-3-1-2-4(7-5)6(9)10;2*1-2-4-6-5-3-1;/h2*1-3H,(H,7,8)(H,9,10);2*1-5H;/q;;;;+2/p-2. The fraction of sp³-hybridized carbons (Fsp3) is 0. The van der Waals surface area contributed by atoms with Crippen molar-refractivity contribution in [2.45, 2.75) is 0 Å². The molecule has 0 aliphatic carbocycles. The number of carbonyl (C=O) groups excluding carboxylic acids is 2. The van der Waals surface area contributed by atoms with E-state index in [9.17, 15) is 19.8 Å². The Kier molecular flexibility index (Phi) is 15.0. The molecule has 10 nitrogen and oxygen atoms in total. The zero-order chi connectivity index (χ0) is 23.6. The zero-order valence-electron chi connectivity index (χ0n) is 16.9. The molecule has 0 saturated carbocycles. The van der Waals surface area contributed by atoms with Crippen LogP contribution in [0, 0.1) is 0 Å². The van der Waals surface area contributed by atoms with E-state index < -0.39 is 11.9 Å². The molecule has 0 atom stereocenters. The fourth-order valence-electron chi connectivity index (χ4n) is 1.70. The summed E-state index contributed by atoms with van der Waals surface area (Å²) in [6.45, 7) is 0. The molecule has 4 heterocycles. The summed E-state index contributed by atoms with van der Waals surface area (Å²) in [4.78, 5) is 34.2. The third-order valence-electron chi connectivity index (χ3n) is 3.02. The topological polar surface area (TPSA) is 172 Å². The summed E-state index contributed by atoms with van der Waals surface area (Å²) in [5, 5.41) is 37.5. The average molecular weight is 493 g/mol. The number of hydrogen-bond donors (Lipinski definition) is 2. The Morgan fingerprint density at radius 2 is 0.909 bits per heavy atom. The van der Waals surface area contributed by atoms with E-state index >= 15 is 0 Å². The van der Waals surface area contributed by atoms with E-state index in [4.69, 9.17) is 10.2 Å². The molecule has 2 N–H and O–H groups in total. The van der Waals surface area contributed by atoms with E-state index in [-0.39, 0.29) is 39.6 Å². The first-order chi connectivity index (χ1) is 15.4. The summed E-state index contributed by atoms with van der Waals surface area (Å²) in [7, 11) is 0. The molecule has 33 heavy (non-hydrogen) atoms. The van der Waals surface area contributed by atoms with Crippen LogP contribution in [0.25, 0.3) is 0 Å². The number of carboxylic acid groups (broad SMARTS) is 2. The first-order valence-corrected chi connectivity index (χ1v) is 8.85. The van der Waals surface area contributed by atoms with Gasteiger partial charge in [0.1, 0.15) is 0 Å². The zero-order valence-corrected chi connectivity index (χ0v) is 17.9. The Morgan fingerprint density at radius 3 is 1.06 bits per heavy atom. The number of nitrogens with zero attached hydrogens (tertiary/aromatic N) is 4. The second-order valence-corrected chi connectivity index (χ2v) is 5.39. The van der Waals surface area contributed by atoms with E-state index in [2.05, 4.69) is 19.9 Å². The third kappa shape index (κ3) is 14.3. The van der Waals surface area contributed by atoms with Crippen LogP contribution in [-0.2, 0) is 16.5 Å². The van der Waals surface area contributed by atoms with E-state index in [1.54, 1.807) is 24.8 Å². The smallest absolute Gasteiger partial charge is 0.543 e. The third-order valence-corrected chi connectivity index (χ3v) is 3.02. The summed E-state index contributed by atoms with van der Waals surface area (Å²) >= 11 is 0. The first-order valence-electron chi connectivity index (χ1n) is 8.85. The summed E-state index contributed by atoms with van der Waals surface area (Å²) in [5.74, 6) is -3.42. The normalized spacial score (nSPS) is 8.48. The number of carboxylic acids is 2. The largest absolute Gasteiger partial charge is 2.00 e. The number of pyridine rings is 4. The fourth-order valence-corrected chi connectivity index (χ4v) is 1.70. The van der Waals surface area contributed by atoms with Crippen LogP contribution in [0.15, 0.2) is 97.6 Å². The van der Waals surface area contributed by atoms with Gasteiger partial charge in [-0.2, -0.15) is 0 Å². The second-order valence-electron chi connectivity index (χ2n) is 5.39. The number of rotatable bonds is 2. The van der Waals surface area contributed by atoms with Gasteiger partial charge >= 0.3 is 16.5 Å². The van der Waals surface area contributed by atoms with Crippen LogP contribution in [0.2, 0.25) is 0 Å². The van der Waals surface area contributed by atoms with Crippen LogP contribution >= 0.6 is 0 Å². The van der Waals surface area contributed by atoms with Crippen LogP contribution in [0.3, 0.4) is 0 Å². The minimum absolute atomic E-state index is 0. The van der Waals surface area contributed by atoms with Crippen molar-refractivity contribution in [3.63, 3.8) is 0 Å². The van der Waals surface area contributed by atoms with Gasteiger partial charge in [-0.25, -0.2) is 9.97 Å². The minimum Gasteiger partial charge on any atom is -0.543 e. The van der Waals surface area contributed by atoms with Crippen molar-refractivity contribution < 1.29 is 46.5 Å². The molecule has 0 bridgehead atoms. The van der Waals surface area contributed by atoms with Gasteiger partial charge in [0.25, 0.3) is 0 Å². The number of carbonyl (C=O) groups is 2. The summed E-state index contributed by atoms with van der Waals surface area (Å²) in [6, 6.07) is 19.3. The van der Waals surface area contributed by atoms with Gasteiger partial charge in [0.2, 0.25) is 11.8 Å². The average Bonchev–Trinajstić information content (AvgIpc) is 2.82. The quantitative estimate of drug-likeness (QED) is 0.374. The van der Waals surface area contributed by atoms with Gasteiger partial charge < -0.3 is 30.0 Å². The number of hydrogen-bond acceptors (Lipinski definition) is 10. The maximum absolute atomic E-state index is 10.1. The van der Waals surface area contributed by atoms with Crippen molar-refractivity contribution in [1.29, 1.82) is 0 Å². The van der Waals surface area contributed by atoms with Crippen LogP contribution in [-0.4, -0.2) is 42.1 Å². The van der Waals surface area contributed by atoms with Crippen molar-refractivity contribution in [3.05, 3.63) is 109 Å². The number of aromatic hydroxyl groups is 2. The van der Waals surface area contributed by atoms with Gasteiger partial charge in [0.05, 0.1) is 23.3 Å². The molecule has 0 fully saturated rings. The minimum atomic E-state index is -1.39. The molecule has 0 aliphatic heterocycles. The van der Waals surface area contributed by atoms with Gasteiger partial charge in [0.15, 0.2) is 0 Å². The van der Waals surface area contributed by atoms with Gasteiger partial charge in [-0.15, -0.1) is 0 Å².